The van der Waals surface area contributed by atoms with E-state index < -0.39 is 5.97 Å². The maximum Gasteiger partial charge on any atom is 0.340 e. The molecule has 1 aromatic carbocycles. The van der Waals surface area contributed by atoms with Crippen LogP contribution in [-0.2, 0) is 11.2 Å². The summed E-state index contributed by atoms with van der Waals surface area (Å²) in [5, 5.41) is 10.00. The van der Waals surface area contributed by atoms with Gasteiger partial charge in [0.05, 0.1) is 17.7 Å². The molecule has 0 N–H and O–H groups in total. The molecule has 2 aliphatic rings. The van der Waals surface area contributed by atoms with Crippen LogP contribution < -0.4 is 4.74 Å². The standard InChI is InChI=1S/C21H18N2O4S/c1-28-20-16(10-22)15(9-17(23-20)12-2-3-12)21(25)27-11-18(24)13-4-5-19-14(8-13)6-7-26-19/h4-5,8-9,12H,2-3,6-7,11H2,1H3. The predicted molar refractivity (Wildman–Crippen MR) is 103 cm³/mol. The third-order valence-electron chi connectivity index (χ3n) is 4.87. The third kappa shape index (κ3) is 3.60. The SMILES string of the molecule is CSc1nc(C2CC2)cc(C(=O)OCC(=O)c2ccc3c(c2)CCO3)c1C#N. The first kappa shape index (κ1) is 18.5. The van der Waals surface area contributed by atoms with Crippen molar-refractivity contribution in [2.75, 3.05) is 19.5 Å². The number of carbonyl (C=O) groups excluding carboxylic acids is 2. The zero-order valence-electron chi connectivity index (χ0n) is 15.4. The Balaban J connectivity index is 1.51. The van der Waals surface area contributed by atoms with Gasteiger partial charge in [-0.05, 0) is 48.9 Å². The topological polar surface area (TPSA) is 89.3 Å². The number of rotatable bonds is 6. The van der Waals surface area contributed by atoms with Gasteiger partial charge in [0, 0.05) is 23.6 Å². The molecule has 0 bridgehead atoms. The first-order chi connectivity index (χ1) is 13.6. The van der Waals surface area contributed by atoms with Crippen LogP contribution in [0.25, 0.3) is 0 Å². The highest BCUT2D eigenvalue weighted by molar-refractivity contribution is 7.98. The Hall–Kier alpha value is -2.85. The number of nitriles is 1. The molecule has 6 nitrogen and oxygen atoms in total. The molecule has 0 amide bonds. The number of ketones is 1. The first-order valence-corrected chi connectivity index (χ1v) is 10.3. The summed E-state index contributed by atoms with van der Waals surface area (Å²) >= 11 is 1.32. The van der Waals surface area contributed by atoms with Gasteiger partial charge in [-0.15, -0.1) is 11.8 Å². The Labute approximate surface area is 166 Å². The van der Waals surface area contributed by atoms with E-state index in [9.17, 15) is 14.9 Å². The second kappa shape index (κ2) is 7.64. The lowest BCUT2D eigenvalue weighted by atomic mass is 10.1. The lowest BCUT2D eigenvalue weighted by molar-refractivity contribution is 0.0474. The molecule has 7 heteroatoms. The number of thioether (sulfide) groups is 1. The minimum atomic E-state index is -0.672. The average molecular weight is 394 g/mol. The maximum atomic E-state index is 12.6. The van der Waals surface area contributed by atoms with Crippen LogP contribution in [0.4, 0.5) is 0 Å². The summed E-state index contributed by atoms with van der Waals surface area (Å²) in [7, 11) is 0. The van der Waals surface area contributed by atoms with Gasteiger partial charge in [0.25, 0.3) is 0 Å². The van der Waals surface area contributed by atoms with E-state index in [0.717, 1.165) is 36.3 Å². The van der Waals surface area contributed by atoms with Gasteiger partial charge >= 0.3 is 5.97 Å². The van der Waals surface area contributed by atoms with Crippen molar-refractivity contribution in [1.29, 1.82) is 5.26 Å². The summed E-state index contributed by atoms with van der Waals surface area (Å²) in [4.78, 5) is 29.6. The molecule has 1 aliphatic carbocycles. The molecule has 142 valence electrons. The molecule has 0 spiro atoms. The van der Waals surface area contributed by atoms with Crippen LogP contribution in [0.5, 0.6) is 5.75 Å². The molecule has 0 unspecified atom stereocenters. The van der Waals surface area contributed by atoms with Gasteiger partial charge in [-0.3, -0.25) is 4.79 Å². The Bertz CT molecular complexity index is 1010. The van der Waals surface area contributed by atoms with E-state index in [1.807, 2.05) is 12.3 Å². The van der Waals surface area contributed by atoms with E-state index in [2.05, 4.69) is 4.98 Å². The number of fused-ring (bicyclic) bond motifs is 1. The lowest BCUT2D eigenvalue weighted by Gasteiger charge is -2.10. The van der Waals surface area contributed by atoms with Crippen LogP contribution >= 0.6 is 11.8 Å². The van der Waals surface area contributed by atoms with Crippen LogP contribution in [0, 0.1) is 11.3 Å². The minimum Gasteiger partial charge on any atom is -0.493 e. The molecule has 0 radical (unpaired) electrons. The normalized spacial score (nSPS) is 14.7. The summed E-state index contributed by atoms with van der Waals surface area (Å²) in [6, 6.07) is 8.90. The largest absolute Gasteiger partial charge is 0.493 e. The molecule has 0 saturated heterocycles. The lowest BCUT2D eigenvalue weighted by Crippen LogP contribution is -2.16. The van der Waals surface area contributed by atoms with E-state index in [0.29, 0.717) is 23.1 Å². The van der Waals surface area contributed by atoms with Gasteiger partial charge < -0.3 is 9.47 Å². The molecular formula is C21H18N2O4S. The minimum absolute atomic E-state index is 0.180. The highest BCUT2D eigenvalue weighted by atomic mass is 32.2. The summed E-state index contributed by atoms with van der Waals surface area (Å²) in [5.41, 5.74) is 2.65. The van der Waals surface area contributed by atoms with E-state index in [-0.39, 0.29) is 23.5 Å². The van der Waals surface area contributed by atoms with E-state index in [4.69, 9.17) is 9.47 Å². The highest BCUT2D eigenvalue weighted by Gasteiger charge is 2.29. The number of benzene rings is 1. The second-order valence-corrected chi connectivity index (χ2v) is 7.58. The zero-order chi connectivity index (χ0) is 19.7. The van der Waals surface area contributed by atoms with E-state index in [1.54, 1.807) is 24.3 Å². The third-order valence-corrected chi connectivity index (χ3v) is 5.55. The second-order valence-electron chi connectivity index (χ2n) is 6.79. The molecular weight excluding hydrogens is 376 g/mol. The monoisotopic (exact) mass is 394 g/mol. The van der Waals surface area contributed by atoms with Crippen molar-refractivity contribution >= 4 is 23.5 Å². The van der Waals surface area contributed by atoms with Crippen molar-refractivity contribution in [3.05, 3.63) is 52.2 Å². The van der Waals surface area contributed by atoms with Gasteiger partial charge in [0.1, 0.15) is 16.8 Å². The van der Waals surface area contributed by atoms with Crippen molar-refractivity contribution in [2.24, 2.45) is 0 Å². The Kier molecular flexibility index (Phi) is 5.05. The van der Waals surface area contributed by atoms with Gasteiger partial charge in [-0.1, -0.05) is 0 Å². The Morgan fingerprint density at radius 3 is 2.89 bits per heavy atom. The van der Waals surface area contributed by atoms with Gasteiger partial charge in [-0.2, -0.15) is 5.26 Å². The van der Waals surface area contributed by atoms with Crippen LogP contribution in [0.15, 0.2) is 29.3 Å². The Morgan fingerprint density at radius 1 is 1.36 bits per heavy atom. The molecule has 1 fully saturated rings. The smallest absolute Gasteiger partial charge is 0.340 e. The first-order valence-electron chi connectivity index (χ1n) is 9.05. The molecule has 1 aromatic heterocycles. The van der Waals surface area contributed by atoms with Crippen molar-refractivity contribution in [3.63, 3.8) is 0 Å². The Morgan fingerprint density at radius 2 is 2.18 bits per heavy atom. The molecule has 1 aliphatic heterocycles. The summed E-state index contributed by atoms with van der Waals surface area (Å²) < 4.78 is 10.7. The summed E-state index contributed by atoms with van der Waals surface area (Å²) in [6.45, 7) is 0.237. The van der Waals surface area contributed by atoms with Gasteiger partial charge in [0.15, 0.2) is 12.4 Å². The fraction of sp³-hybridized carbons (Fsp3) is 0.333. The van der Waals surface area contributed by atoms with E-state index >= 15 is 0 Å². The zero-order valence-corrected chi connectivity index (χ0v) is 16.2. The number of carbonyl (C=O) groups is 2. The number of hydrogen-bond acceptors (Lipinski definition) is 7. The molecule has 0 atom stereocenters. The fourth-order valence-electron chi connectivity index (χ4n) is 3.20. The number of ether oxygens (including phenoxy) is 2. The highest BCUT2D eigenvalue weighted by Crippen LogP contribution is 2.40. The fourth-order valence-corrected chi connectivity index (χ4v) is 3.75. The molecule has 2 heterocycles. The van der Waals surface area contributed by atoms with Crippen LogP contribution in [-0.4, -0.2) is 36.2 Å². The van der Waals surface area contributed by atoms with Crippen molar-refractivity contribution < 1.29 is 19.1 Å². The number of pyridine rings is 1. The number of hydrogen-bond donors (Lipinski definition) is 0. The van der Waals surface area contributed by atoms with Crippen LogP contribution in [0.1, 0.15) is 56.3 Å². The van der Waals surface area contributed by atoms with Crippen LogP contribution in [0.3, 0.4) is 0 Å². The van der Waals surface area contributed by atoms with Crippen molar-refractivity contribution in [1.82, 2.24) is 4.98 Å². The molecule has 28 heavy (non-hydrogen) atoms. The number of nitrogens with zero attached hydrogens (tertiary/aromatic N) is 2. The van der Waals surface area contributed by atoms with Crippen molar-refractivity contribution in [2.45, 2.75) is 30.2 Å². The van der Waals surface area contributed by atoms with Gasteiger partial charge in [-0.25, -0.2) is 9.78 Å². The molecule has 1 saturated carbocycles. The van der Waals surface area contributed by atoms with Crippen LogP contribution in [0.2, 0.25) is 0 Å². The van der Waals surface area contributed by atoms with Gasteiger partial charge in [0.2, 0.25) is 0 Å². The summed E-state index contributed by atoms with van der Waals surface area (Å²) in [6.07, 6.45) is 4.64. The number of Topliss-reactive ketones (excluding diaryl/α,β-unsaturated/α-hetero) is 1. The quantitative estimate of drug-likeness (QED) is 0.421. The maximum absolute atomic E-state index is 12.6. The molecule has 2 aromatic rings. The molecule has 4 rings (SSSR count). The number of aromatic nitrogens is 1. The van der Waals surface area contributed by atoms with Crippen molar-refractivity contribution in [3.8, 4) is 11.8 Å². The van der Waals surface area contributed by atoms with E-state index in [1.165, 1.54) is 11.8 Å². The predicted octanol–water partition coefficient (Wildman–Crippen LogP) is 3.53. The summed E-state index contributed by atoms with van der Waals surface area (Å²) in [5.74, 6) is 0.166. The number of esters is 1. The average Bonchev–Trinajstić information content (AvgIpc) is 3.47.